The molecule has 66 valence electrons. The number of nitrogens with zero attached hydrogens (tertiary/aromatic N) is 1. The summed E-state index contributed by atoms with van der Waals surface area (Å²) in [6.45, 7) is 3.75. The maximum Gasteiger partial charge on any atom is 0.159 e. The predicted octanol–water partition coefficient (Wildman–Crippen LogP) is 2.12. The fourth-order valence-electron chi connectivity index (χ4n) is 1.66. The van der Waals surface area contributed by atoms with Crippen molar-refractivity contribution in [1.29, 1.82) is 5.26 Å². The Hall–Kier alpha value is -0.550. The number of halogens is 1. The quantitative estimate of drug-likeness (QED) is 0.588. The van der Waals surface area contributed by atoms with Crippen LogP contribution in [0.1, 0.15) is 26.7 Å². The molecule has 1 fully saturated rings. The summed E-state index contributed by atoms with van der Waals surface area (Å²) in [6.07, 6.45) is 1.38. The maximum atomic E-state index is 11.7. The van der Waals surface area contributed by atoms with E-state index in [4.69, 9.17) is 16.9 Å². The van der Waals surface area contributed by atoms with Crippen molar-refractivity contribution in [3.63, 3.8) is 0 Å². The molecule has 0 radical (unpaired) electrons. The van der Waals surface area contributed by atoms with Crippen molar-refractivity contribution < 1.29 is 4.79 Å². The van der Waals surface area contributed by atoms with Gasteiger partial charge in [-0.15, -0.1) is 11.6 Å². The molecule has 1 aliphatic carbocycles. The summed E-state index contributed by atoms with van der Waals surface area (Å²) in [5, 5.41) is 8.86. The molecule has 1 atom stereocenters. The molecule has 0 heterocycles. The van der Waals surface area contributed by atoms with Crippen LogP contribution < -0.4 is 0 Å². The van der Waals surface area contributed by atoms with Crippen LogP contribution in [-0.2, 0) is 4.79 Å². The van der Waals surface area contributed by atoms with Gasteiger partial charge in [0.1, 0.15) is 5.41 Å². The highest BCUT2D eigenvalue weighted by Gasteiger charge is 2.51. The minimum absolute atomic E-state index is 0.00694. The zero-order valence-corrected chi connectivity index (χ0v) is 8.11. The third-order valence-electron chi connectivity index (χ3n) is 2.67. The van der Waals surface area contributed by atoms with Crippen molar-refractivity contribution in [2.75, 3.05) is 5.88 Å². The molecule has 0 saturated heterocycles. The molecule has 3 heteroatoms. The second-order valence-electron chi connectivity index (χ2n) is 4.04. The van der Waals surface area contributed by atoms with E-state index in [0.717, 1.165) is 6.42 Å². The van der Waals surface area contributed by atoms with Crippen LogP contribution in [0.5, 0.6) is 0 Å². The van der Waals surface area contributed by atoms with Crippen LogP contribution in [0.3, 0.4) is 0 Å². The van der Waals surface area contributed by atoms with Crippen molar-refractivity contribution in [3.8, 4) is 6.07 Å². The molecule has 0 aromatic carbocycles. The maximum absolute atomic E-state index is 11.7. The second-order valence-corrected chi connectivity index (χ2v) is 4.31. The summed E-state index contributed by atoms with van der Waals surface area (Å²) >= 11 is 5.64. The Balaban J connectivity index is 3.01. The molecule has 1 rings (SSSR count). The first-order chi connectivity index (χ1) is 5.48. The number of alkyl halides is 1. The van der Waals surface area contributed by atoms with Gasteiger partial charge in [0.05, 0.1) is 6.07 Å². The van der Waals surface area contributed by atoms with Gasteiger partial charge in [0.2, 0.25) is 0 Å². The average molecular weight is 186 g/mol. The lowest BCUT2D eigenvalue weighted by Gasteiger charge is -2.19. The van der Waals surface area contributed by atoms with Crippen molar-refractivity contribution >= 4 is 17.4 Å². The Morgan fingerprint density at radius 1 is 1.58 bits per heavy atom. The fraction of sp³-hybridized carbons (Fsp3) is 0.778. The third kappa shape index (κ3) is 1.13. The molecule has 1 aliphatic rings. The van der Waals surface area contributed by atoms with Crippen LogP contribution in [0.2, 0.25) is 0 Å². The molecule has 0 aliphatic heterocycles. The molecule has 0 N–H and O–H groups in total. The summed E-state index contributed by atoms with van der Waals surface area (Å²) in [5.41, 5.74) is -1.25. The molecule has 0 amide bonds. The van der Waals surface area contributed by atoms with Crippen LogP contribution in [0.15, 0.2) is 0 Å². The van der Waals surface area contributed by atoms with E-state index in [-0.39, 0.29) is 17.1 Å². The SMILES string of the molecule is CC1(C)CCC(C#N)(CCl)C1=O. The largest absolute Gasteiger partial charge is 0.297 e. The molecule has 0 aromatic rings. The predicted molar refractivity (Wildman–Crippen MR) is 46.8 cm³/mol. The van der Waals surface area contributed by atoms with Gasteiger partial charge in [0.25, 0.3) is 0 Å². The lowest BCUT2D eigenvalue weighted by Crippen LogP contribution is -2.32. The van der Waals surface area contributed by atoms with E-state index in [0.29, 0.717) is 6.42 Å². The first-order valence-corrected chi connectivity index (χ1v) is 4.54. The normalized spacial score (nSPS) is 33.3. The van der Waals surface area contributed by atoms with Crippen LogP contribution >= 0.6 is 11.6 Å². The Labute approximate surface area is 77.5 Å². The van der Waals surface area contributed by atoms with E-state index in [9.17, 15) is 4.79 Å². The first-order valence-electron chi connectivity index (χ1n) is 4.01. The molecule has 12 heavy (non-hydrogen) atoms. The van der Waals surface area contributed by atoms with Gasteiger partial charge in [-0.3, -0.25) is 4.79 Å². The molecule has 0 bridgehead atoms. The smallest absolute Gasteiger partial charge is 0.159 e. The van der Waals surface area contributed by atoms with E-state index in [1.807, 2.05) is 13.8 Å². The molecule has 2 nitrogen and oxygen atoms in total. The Morgan fingerprint density at radius 3 is 2.33 bits per heavy atom. The van der Waals surface area contributed by atoms with E-state index >= 15 is 0 Å². The van der Waals surface area contributed by atoms with Gasteiger partial charge < -0.3 is 0 Å². The number of rotatable bonds is 1. The van der Waals surface area contributed by atoms with Gasteiger partial charge >= 0.3 is 0 Å². The highest BCUT2D eigenvalue weighted by atomic mass is 35.5. The number of hydrogen-bond donors (Lipinski definition) is 0. The van der Waals surface area contributed by atoms with E-state index < -0.39 is 5.41 Å². The van der Waals surface area contributed by atoms with E-state index in [1.165, 1.54) is 0 Å². The molecular weight excluding hydrogens is 174 g/mol. The van der Waals surface area contributed by atoms with Crippen LogP contribution in [0, 0.1) is 22.2 Å². The number of Topliss-reactive ketones (excluding diaryl/α,β-unsaturated/α-hetero) is 1. The summed E-state index contributed by atoms with van der Waals surface area (Å²) in [6, 6.07) is 2.05. The van der Waals surface area contributed by atoms with Gasteiger partial charge in [0.15, 0.2) is 5.78 Å². The van der Waals surface area contributed by atoms with Gasteiger partial charge in [-0.1, -0.05) is 13.8 Å². The van der Waals surface area contributed by atoms with Crippen molar-refractivity contribution in [2.45, 2.75) is 26.7 Å². The number of nitriles is 1. The Morgan fingerprint density at radius 2 is 2.17 bits per heavy atom. The highest BCUT2D eigenvalue weighted by Crippen LogP contribution is 2.45. The van der Waals surface area contributed by atoms with Gasteiger partial charge in [-0.25, -0.2) is 0 Å². The second kappa shape index (κ2) is 2.74. The minimum atomic E-state index is -0.898. The summed E-state index contributed by atoms with van der Waals surface area (Å²) < 4.78 is 0. The summed E-state index contributed by atoms with van der Waals surface area (Å²) in [5.74, 6) is 0.138. The van der Waals surface area contributed by atoms with Crippen molar-refractivity contribution in [1.82, 2.24) is 0 Å². The van der Waals surface area contributed by atoms with Crippen LogP contribution in [-0.4, -0.2) is 11.7 Å². The Kier molecular flexibility index (Phi) is 2.18. The van der Waals surface area contributed by atoms with Gasteiger partial charge in [0, 0.05) is 11.3 Å². The van der Waals surface area contributed by atoms with Crippen LogP contribution in [0.4, 0.5) is 0 Å². The van der Waals surface area contributed by atoms with E-state index in [2.05, 4.69) is 6.07 Å². The topological polar surface area (TPSA) is 40.9 Å². The molecular formula is C9H12ClNO. The summed E-state index contributed by atoms with van der Waals surface area (Å²) in [4.78, 5) is 11.7. The lowest BCUT2D eigenvalue weighted by molar-refractivity contribution is -0.129. The van der Waals surface area contributed by atoms with Gasteiger partial charge in [-0.2, -0.15) is 5.26 Å². The Bertz CT molecular complexity index is 254. The molecule has 0 aromatic heterocycles. The van der Waals surface area contributed by atoms with Gasteiger partial charge in [-0.05, 0) is 12.8 Å². The molecule has 0 spiro atoms. The number of ketones is 1. The van der Waals surface area contributed by atoms with Crippen molar-refractivity contribution in [2.24, 2.45) is 10.8 Å². The zero-order valence-electron chi connectivity index (χ0n) is 7.35. The van der Waals surface area contributed by atoms with Crippen molar-refractivity contribution in [3.05, 3.63) is 0 Å². The first kappa shape index (κ1) is 9.54. The standard InChI is InChI=1S/C9H12ClNO/c1-8(2)3-4-9(5-10,6-11)7(8)12/h3-5H2,1-2H3. The van der Waals surface area contributed by atoms with Crippen LogP contribution in [0.25, 0.3) is 0 Å². The molecule has 1 unspecified atom stereocenters. The third-order valence-corrected chi connectivity index (χ3v) is 3.12. The number of hydrogen-bond acceptors (Lipinski definition) is 2. The zero-order chi connectivity index (χ0) is 9.41. The number of carbonyl (C=O) groups is 1. The minimum Gasteiger partial charge on any atom is -0.297 e. The lowest BCUT2D eigenvalue weighted by atomic mass is 9.82. The fourth-order valence-corrected chi connectivity index (χ4v) is 1.98. The summed E-state index contributed by atoms with van der Waals surface area (Å²) in [7, 11) is 0. The monoisotopic (exact) mass is 185 g/mol. The number of carbonyl (C=O) groups excluding carboxylic acids is 1. The highest BCUT2D eigenvalue weighted by molar-refractivity contribution is 6.21. The van der Waals surface area contributed by atoms with E-state index in [1.54, 1.807) is 0 Å². The average Bonchev–Trinajstić information content (AvgIpc) is 2.27. The molecule has 1 saturated carbocycles.